The number of rotatable bonds is 6. The first-order valence-corrected chi connectivity index (χ1v) is 8.00. The molecule has 0 aliphatic heterocycles. The van der Waals surface area contributed by atoms with Gasteiger partial charge < -0.3 is 5.32 Å². The lowest BCUT2D eigenvalue weighted by Crippen LogP contribution is -2.33. The maximum Gasteiger partial charge on any atom is 0.107 e. The summed E-state index contributed by atoms with van der Waals surface area (Å²) in [7, 11) is 0. The van der Waals surface area contributed by atoms with Crippen LogP contribution < -0.4 is 5.32 Å². The van der Waals surface area contributed by atoms with Crippen molar-refractivity contribution in [2.75, 3.05) is 5.88 Å². The first-order chi connectivity index (χ1) is 8.34. The van der Waals surface area contributed by atoms with Crippen LogP contribution in [-0.4, -0.2) is 16.9 Å². The fraction of sp³-hybridized carbons (Fsp3) is 0.786. The molecule has 1 atom stereocenters. The quantitative estimate of drug-likeness (QED) is 0.794. The van der Waals surface area contributed by atoms with Gasteiger partial charge in [-0.1, -0.05) is 34.6 Å². The van der Waals surface area contributed by atoms with Crippen molar-refractivity contribution in [1.82, 2.24) is 10.3 Å². The first kappa shape index (κ1) is 15.9. The van der Waals surface area contributed by atoms with E-state index in [2.05, 4.69) is 45.3 Å². The second-order valence-corrected chi connectivity index (χ2v) is 7.41. The summed E-state index contributed by atoms with van der Waals surface area (Å²) in [5, 5.41) is 6.90. The highest BCUT2D eigenvalue weighted by Crippen LogP contribution is 2.24. The number of halogens is 1. The average molecular weight is 289 g/mol. The lowest BCUT2D eigenvalue weighted by atomic mass is 9.93. The van der Waals surface area contributed by atoms with Gasteiger partial charge in [0.05, 0.1) is 5.69 Å². The molecule has 1 aromatic rings. The first-order valence-electron chi connectivity index (χ1n) is 6.59. The van der Waals surface area contributed by atoms with E-state index in [1.54, 1.807) is 11.3 Å². The molecule has 2 nitrogen and oxygen atoms in total. The number of aromatic nitrogens is 1. The third kappa shape index (κ3) is 4.87. The minimum atomic E-state index is 0.141. The number of hydrogen-bond acceptors (Lipinski definition) is 3. The molecule has 4 heteroatoms. The van der Waals surface area contributed by atoms with Crippen LogP contribution in [0.3, 0.4) is 0 Å². The Hall–Kier alpha value is -0.120. The van der Waals surface area contributed by atoms with Crippen LogP contribution in [0.2, 0.25) is 0 Å². The van der Waals surface area contributed by atoms with Crippen molar-refractivity contribution >= 4 is 22.9 Å². The Bertz CT molecular complexity index is 355. The Labute approximate surface area is 120 Å². The van der Waals surface area contributed by atoms with Crippen molar-refractivity contribution in [2.24, 2.45) is 5.92 Å². The topological polar surface area (TPSA) is 24.9 Å². The molecular formula is C14H25ClN2S. The van der Waals surface area contributed by atoms with E-state index in [0.717, 1.165) is 13.0 Å². The molecule has 1 heterocycles. The zero-order chi connectivity index (χ0) is 13.8. The van der Waals surface area contributed by atoms with Gasteiger partial charge in [-0.15, -0.1) is 22.9 Å². The highest BCUT2D eigenvalue weighted by atomic mass is 35.5. The summed E-state index contributed by atoms with van der Waals surface area (Å²) in [5.41, 5.74) is 1.32. The van der Waals surface area contributed by atoms with E-state index >= 15 is 0 Å². The van der Waals surface area contributed by atoms with Crippen molar-refractivity contribution in [1.29, 1.82) is 0 Å². The number of thiazole rings is 1. The number of alkyl halides is 1. The second-order valence-electron chi connectivity index (χ2n) is 6.09. The number of nitrogens with zero attached hydrogens (tertiary/aromatic N) is 1. The highest BCUT2D eigenvalue weighted by Gasteiger charge is 2.18. The van der Waals surface area contributed by atoms with Crippen molar-refractivity contribution in [2.45, 2.75) is 59.0 Å². The molecule has 0 saturated carbocycles. The Morgan fingerprint density at radius 1 is 1.39 bits per heavy atom. The molecule has 0 aliphatic carbocycles. The summed E-state index contributed by atoms with van der Waals surface area (Å²) < 4.78 is 0. The Morgan fingerprint density at radius 2 is 2.06 bits per heavy atom. The summed E-state index contributed by atoms with van der Waals surface area (Å²) in [6, 6.07) is 0.476. The van der Waals surface area contributed by atoms with Crippen LogP contribution in [0.25, 0.3) is 0 Å². The van der Waals surface area contributed by atoms with Gasteiger partial charge in [0, 0.05) is 29.3 Å². The smallest absolute Gasteiger partial charge is 0.107 e. The standard InChI is InChI=1S/C14H25ClN2S/c1-10(2)11(6-7-15)16-8-13-17-12(9-18-13)14(3,4)5/h9-11,16H,6-8H2,1-5H3. The minimum absolute atomic E-state index is 0.141. The van der Waals surface area contributed by atoms with Gasteiger partial charge in [-0.25, -0.2) is 4.98 Å². The summed E-state index contributed by atoms with van der Waals surface area (Å²) >= 11 is 7.57. The Kier molecular flexibility index (Phi) is 6.09. The third-order valence-corrected chi connectivity index (χ3v) is 4.13. The van der Waals surface area contributed by atoms with Gasteiger partial charge >= 0.3 is 0 Å². The molecule has 0 spiro atoms. The lowest BCUT2D eigenvalue weighted by Gasteiger charge is -2.20. The van der Waals surface area contributed by atoms with Crippen LogP contribution in [0.1, 0.15) is 51.7 Å². The normalized spacial score (nSPS) is 14.2. The van der Waals surface area contributed by atoms with Crippen LogP contribution in [0, 0.1) is 5.92 Å². The fourth-order valence-electron chi connectivity index (χ4n) is 1.74. The van der Waals surface area contributed by atoms with Crippen molar-refractivity contribution < 1.29 is 0 Å². The number of nitrogens with one attached hydrogen (secondary N) is 1. The molecule has 1 aromatic heterocycles. The van der Waals surface area contributed by atoms with Crippen molar-refractivity contribution in [3.8, 4) is 0 Å². The van der Waals surface area contributed by atoms with Crippen LogP contribution in [0.4, 0.5) is 0 Å². The van der Waals surface area contributed by atoms with Crippen LogP contribution >= 0.6 is 22.9 Å². The zero-order valence-electron chi connectivity index (χ0n) is 12.1. The van der Waals surface area contributed by atoms with Crippen LogP contribution in [-0.2, 0) is 12.0 Å². The molecule has 0 aromatic carbocycles. The molecule has 0 radical (unpaired) electrons. The molecule has 104 valence electrons. The molecule has 0 saturated heterocycles. The maximum absolute atomic E-state index is 5.83. The molecule has 18 heavy (non-hydrogen) atoms. The van der Waals surface area contributed by atoms with E-state index in [1.165, 1.54) is 10.7 Å². The lowest BCUT2D eigenvalue weighted by molar-refractivity contribution is 0.388. The average Bonchev–Trinajstić information content (AvgIpc) is 2.71. The maximum atomic E-state index is 5.83. The Morgan fingerprint density at radius 3 is 2.50 bits per heavy atom. The predicted molar refractivity (Wildman–Crippen MR) is 81.6 cm³/mol. The summed E-state index contributed by atoms with van der Waals surface area (Å²) in [6.07, 6.45) is 1.01. The zero-order valence-corrected chi connectivity index (χ0v) is 13.7. The molecule has 0 amide bonds. The van der Waals surface area contributed by atoms with Gasteiger partial charge in [0.2, 0.25) is 0 Å². The SMILES string of the molecule is CC(C)C(CCCl)NCc1nc(C(C)(C)C)cs1. The van der Waals surface area contributed by atoms with Gasteiger partial charge in [-0.3, -0.25) is 0 Å². The Balaban J connectivity index is 2.55. The fourth-order valence-corrected chi connectivity index (χ4v) is 2.95. The minimum Gasteiger partial charge on any atom is -0.307 e. The molecule has 1 N–H and O–H groups in total. The van der Waals surface area contributed by atoms with E-state index in [0.29, 0.717) is 17.8 Å². The largest absolute Gasteiger partial charge is 0.307 e. The molecule has 0 aliphatic rings. The van der Waals surface area contributed by atoms with Gasteiger partial charge in [-0.2, -0.15) is 0 Å². The van der Waals surface area contributed by atoms with E-state index in [9.17, 15) is 0 Å². The van der Waals surface area contributed by atoms with Gasteiger partial charge in [0.1, 0.15) is 5.01 Å². The molecule has 1 unspecified atom stereocenters. The van der Waals surface area contributed by atoms with Crippen molar-refractivity contribution in [3.63, 3.8) is 0 Å². The van der Waals surface area contributed by atoms with Crippen molar-refractivity contribution in [3.05, 3.63) is 16.1 Å². The molecule has 0 bridgehead atoms. The van der Waals surface area contributed by atoms with Gasteiger partial charge in [-0.05, 0) is 12.3 Å². The second kappa shape index (κ2) is 6.88. The van der Waals surface area contributed by atoms with Crippen LogP contribution in [0.15, 0.2) is 5.38 Å². The van der Waals surface area contributed by atoms with Gasteiger partial charge in [0.15, 0.2) is 0 Å². The van der Waals surface area contributed by atoms with Crippen LogP contribution in [0.5, 0.6) is 0 Å². The molecular weight excluding hydrogens is 264 g/mol. The van der Waals surface area contributed by atoms with E-state index in [1.807, 2.05) is 0 Å². The van der Waals surface area contributed by atoms with E-state index in [-0.39, 0.29) is 5.41 Å². The van der Waals surface area contributed by atoms with E-state index < -0.39 is 0 Å². The summed E-state index contributed by atoms with van der Waals surface area (Å²) in [6.45, 7) is 11.9. The molecule has 0 fully saturated rings. The highest BCUT2D eigenvalue weighted by molar-refractivity contribution is 7.09. The molecule has 1 rings (SSSR count). The monoisotopic (exact) mass is 288 g/mol. The summed E-state index contributed by atoms with van der Waals surface area (Å²) in [4.78, 5) is 4.70. The predicted octanol–water partition coefficient (Wildman–Crippen LogP) is 4.18. The summed E-state index contributed by atoms with van der Waals surface area (Å²) in [5.74, 6) is 1.31. The van der Waals surface area contributed by atoms with Gasteiger partial charge in [0.25, 0.3) is 0 Å². The third-order valence-electron chi connectivity index (χ3n) is 3.06. The number of hydrogen-bond donors (Lipinski definition) is 1. The van der Waals surface area contributed by atoms with E-state index in [4.69, 9.17) is 16.6 Å².